The molecule has 1 aromatic carbocycles. The zero-order chi connectivity index (χ0) is 14.7. The molecule has 7 heteroatoms. The lowest BCUT2D eigenvalue weighted by Gasteiger charge is -2.31. The first-order chi connectivity index (χ1) is 10.3. The highest BCUT2D eigenvalue weighted by atomic mass is 35.5. The molecule has 1 unspecified atom stereocenters. The number of para-hydroxylation sites is 1. The topological polar surface area (TPSA) is 77.0 Å². The Morgan fingerprint density at radius 2 is 2.09 bits per heavy atom. The van der Waals surface area contributed by atoms with Gasteiger partial charge in [-0.25, -0.2) is 0 Å². The standard InChI is InChI=1S/C15H19N5O.ClH/c16-9-12-5-4-8-19(11-12)15(21)14-10-17-20(18-14)13-6-2-1-3-7-13;/h1-3,6-7,10,12H,4-5,8-9,11,16H2;1H. The number of carbonyl (C=O) groups excluding carboxylic acids is 1. The zero-order valence-corrected chi connectivity index (χ0v) is 13.1. The third-order valence-corrected chi connectivity index (χ3v) is 3.84. The predicted molar refractivity (Wildman–Crippen MR) is 86.3 cm³/mol. The lowest BCUT2D eigenvalue weighted by molar-refractivity contribution is 0.0671. The summed E-state index contributed by atoms with van der Waals surface area (Å²) < 4.78 is 0. The lowest BCUT2D eigenvalue weighted by atomic mass is 9.98. The summed E-state index contributed by atoms with van der Waals surface area (Å²) in [4.78, 5) is 15.8. The van der Waals surface area contributed by atoms with Crippen LogP contribution >= 0.6 is 12.4 Å². The molecular formula is C15H20ClN5O. The normalized spacial score (nSPS) is 17.9. The molecule has 0 radical (unpaired) electrons. The van der Waals surface area contributed by atoms with Crippen LogP contribution in [0.25, 0.3) is 5.69 Å². The molecule has 22 heavy (non-hydrogen) atoms. The largest absolute Gasteiger partial charge is 0.337 e. The predicted octanol–water partition coefficient (Wildman–Crippen LogP) is 1.50. The Hall–Kier alpha value is -1.92. The third kappa shape index (κ3) is 3.45. The molecule has 1 aliphatic rings. The molecule has 6 nitrogen and oxygen atoms in total. The second kappa shape index (κ2) is 7.38. The van der Waals surface area contributed by atoms with Gasteiger partial charge in [-0.05, 0) is 37.4 Å². The van der Waals surface area contributed by atoms with E-state index in [9.17, 15) is 4.79 Å². The SMILES string of the molecule is Cl.NCC1CCCN(C(=O)c2cnn(-c3ccccc3)n2)C1. The van der Waals surface area contributed by atoms with E-state index in [-0.39, 0.29) is 18.3 Å². The van der Waals surface area contributed by atoms with E-state index in [0.717, 1.165) is 25.1 Å². The van der Waals surface area contributed by atoms with E-state index in [1.165, 1.54) is 11.0 Å². The molecule has 118 valence electrons. The van der Waals surface area contributed by atoms with Gasteiger partial charge in [0.1, 0.15) is 0 Å². The molecule has 1 atom stereocenters. The quantitative estimate of drug-likeness (QED) is 0.929. The van der Waals surface area contributed by atoms with Crippen molar-refractivity contribution in [1.82, 2.24) is 19.9 Å². The molecule has 0 aliphatic carbocycles. The molecule has 0 bridgehead atoms. The maximum absolute atomic E-state index is 12.5. The number of carbonyl (C=O) groups is 1. The van der Waals surface area contributed by atoms with Crippen LogP contribution in [0.5, 0.6) is 0 Å². The van der Waals surface area contributed by atoms with E-state index in [1.54, 1.807) is 0 Å². The van der Waals surface area contributed by atoms with Crippen LogP contribution in [-0.4, -0.2) is 45.4 Å². The van der Waals surface area contributed by atoms with Gasteiger partial charge in [-0.2, -0.15) is 9.90 Å². The first-order valence-electron chi connectivity index (χ1n) is 7.25. The second-order valence-corrected chi connectivity index (χ2v) is 5.35. The van der Waals surface area contributed by atoms with E-state index in [2.05, 4.69) is 10.2 Å². The Balaban J connectivity index is 0.00000176. The summed E-state index contributed by atoms with van der Waals surface area (Å²) in [6, 6.07) is 9.56. The van der Waals surface area contributed by atoms with Crippen molar-refractivity contribution in [2.24, 2.45) is 11.7 Å². The number of halogens is 1. The van der Waals surface area contributed by atoms with Crippen molar-refractivity contribution in [3.63, 3.8) is 0 Å². The highest BCUT2D eigenvalue weighted by molar-refractivity contribution is 5.92. The Morgan fingerprint density at radius 3 is 2.82 bits per heavy atom. The Bertz CT molecular complexity index is 615. The van der Waals surface area contributed by atoms with Crippen molar-refractivity contribution >= 4 is 18.3 Å². The van der Waals surface area contributed by atoms with Gasteiger partial charge in [0.2, 0.25) is 0 Å². The minimum Gasteiger partial charge on any atom is -0.337 e. The fourth-order valence-electron chi connectivity index (χ4n) is 2.65. The molecule has 0 saturated carbocycles. The van der Waals surface area contributed by atoms with Crippen molar-refractivity contribution < 1.29 is 4.79 Å². The Labute approximate surface area is 135 Å². The van der Waals surface area contributed by atoms with Crippen molar-refractivity contribution in [1.29, 1.82) is 0 Å². The molecular weight excluding hydrogens is 302 g/mol. The highest BCUT2D eigenvalue weighted by Gasteiger charge is 2.25. The lowest BCUT2D eigenvalue weighted by Crippen LogP contribution is -2.42. The van der Waals surface area contributed by atoms with Crippen molar-refractivity contribution in [3.05, 3.63) is 42.2 Å². The first kappa shape index (κ1) is 16.5. The molecule has 1 amide bonds. The summed E-state index contributed by atoms with van der Waals surface area (Å²) in [5.74, 6) is 0.335. The van der Waals surface area contributed by atoms with E-state index in [4.69, 9.17) is 5.73 Å². The molecule has 3 rings (SSSR count). The molecule has 2 N–H and O–H groups in total. The average Bonchev–Trinajstić information content (AvgIpc) is 3.05. The maximum Gasteiger partial charge on any atom is 0.276 e. The van der Waals surface area contributed by atoms with Gasteiger partial charge in [-0.1, -0.05) is 18.2 Å². The van der Waals surface area contributed by atoms with Crippen LogP contribution in [0.4, 0.5) is 0 Å². The van der Waals surface area contributed by atoms with Crippen LogP contribution in [0, 0.1) is 5.92 Å². The van der Waals surface area contributed by atoms with Crippen LogP contribution in [-0.2, 0) is 0 Å². The zero-order valence-electron chi connectivity index (χ0n) is 12.3. The van der Waals surface area contributed by atoms with Crippen LogP contribution in [0.2, 0.25) is 0 Å². The van der Waals surface area contributed by atoms with Gasteiger partial charge in [0.25, 0.3) is 5.91 Å². The van der Waals surface area contributed by atoms with E-state index in [1.807, 2.05) is 35.2 Å². The summed E-state index contributed by atoms with van der Waals surface area (Å²) in [6.07, 6.45) is 3.62. The molecule has 2 aromatic rings. The number of piperidine rings is 1. The summed E-state index contributed by atoms with van der Waals surface area (Å²) in [5, 5.41) is 8.46. The van der Waals surface area contributed by atoms with Gasteiger partial charge in [-0.15, -0.1) is 17.5 Å². The fourth-order valence-corrected chi connectivity index (χ4v) is 2.65. The average molecular weight is 322 g/mol. The third-order valence-electron chi connectivity index (χ3n) is 3.84. The Kier molecular flexibility index (Phi) is 5.51. The van der Waals surface area contributed by atoms with Gasteiger partial charge in [0.15, 0.2) is 5.69 Å². The van der Waals surface area contributed by atoms with Gasteiger partial charge in [0, 0.05) is 13.1 Å². The van der Waals surface area contributed by atoms with Crippen molar-refractivity contribution in [2.45, 2.75) is 12.8 Å². The monoisotopic (exact) mass is 321 g/mol. The molecule has 0 spiro atoms. The Morgan fingerprint density at radius 1 is 1.32 bits per heavy atom. The summed E-state index contributed by atoms with van der Waals surface area (Å²) in [7, 11) is 0. The second-order valence-electron chi connectivity index (χ2n) is 5.35. The van der Waals surface area contributed by atoms with Gasteiger partial charge < -0.3 is 10.6 Å². The van der Waals surface area contributed by atoms with Crippen LogP contribution in [0.15, 0.2) is 36.5 Å². The first-order valence-corrected chi connectivity index (χ1v) is 7.25. The number of rotatable bonds is 3. The highest BCUT2D eigenvalue weighted by Crippen LogP contribution is 2.17. The van der Waals surface area contributed by atoms with Crippen molar-refractivity contribution in [2.75, 3.05) is 19.6 Å². The molecule has 1 saturated heterocycles. The minimum atomic E-state index is -0.0599. The summed E-state index contributed by atoms with van der Waals surface area (Å²) in [6.45, 7) is 2.11. The van der Waals surface area contributed by atoms with E-state index < -0.39 is 0 Å². The number of nitrogens with two attached hydrogens (primary N) is 1. The van der Waals surface area contributed by atoms with Crippen LogP contribution in [0.1, 0.15) is 23.3 Å². The van der Waals surface area contributed by atoms with Crippen LogP contribution in [0.3, 0.4) is 0 Å². The molecule has 1 aliphatic heterocycles. The van der Waals surface area contributed by atoms with Gasteiger partial charge in [-0.3, -0.25) is 4.79 Å². The van der Waals surface area contributed by atoms with E-state index >= 15 is 0 Å². The minimum absolute atomic E-state index is 0. The molecule has 2 heterocycles. The molecule has 1 aromatic heterocycles. The molecule has 1 fully saturated rings. The number of benzene rings is 1. The van der Waals surface area contributed by atoms with Crippen molar-refractivity contribution in [3.8, 4) is 5.69 Å². The smallest absolute Gasteiger partial charge is 0.276 e. The fraction of sp³-hybridized carbons (Fsp3) is 0.400. The van der Waals surface area contributed by atoms with Gasteiger partial charge >= 0.3 is 0 Å². The van der Waals surface area contributed by atoms with Crippen LogP contribution < -0.4 is 5.73 Å². The number of aromatic nitrogens is 3. The summed E-state index contributed by atoms with van der Waals surface area (Å²) >= 11 is 0. The maximum atomic E-state index is 12.5. The number of nitrogens with zero attached hydrogens (tertiary/aromatic N) is 4. The number of hydrogen-bond acceptors (Lipinski definition) is 4. The van der Waals surface area contributed by atoms with E-state index in [0.29, 0.717) is 24.7 Å². The summed E-state index contributed by atoms with van der Waals surface area (Å²) in [5.41, 5.74) is 6.94. The number of likely N-dealkylation sites (tertiary alicyclic amines) is 1. The number of hydrogen-bond donors (Lipinski definition) is 1. The number of amides is 1. The van der Waals surface area contributed by atoms with Gasteiger partial charge in [0.05, 0.1) is 11.9 Å².